The molecule has 1 atom stereocenters. The van der Waals surface area contributed by atoms with Gasteiger partial charge in [-0.15, -0.1) is 0 Å². The predicted octanol–water partition coefficient (Wildman–Crippen LogP) is 2.52. The topological polar surface area (TPSA) is 92.3 Å². The third-order valence-electron chi connectivity index (χ3n) is 5.47. The smallest absolute Gasteiger partial charge is 0.220 e. The van der Waals surface area contributed by atoms with Crippen molar-refractivity contribution in [3.8, 4) is 11.8 Å². The second-order valence-electron chi connectivity index (χ2n) is 7.46. The Kier molecular flexibility index (Phi) is 5.17. The van der Waals surface area contributed by atoms with E-state index < -0.39 is 0 Å². The number of nitrogens with one attached hydrogen (secondary N) is 1. The number of carbonyl (C=O) groups excluding carboxylic acids is 1. The molecule has 7 nitrogen and oxygen atoms in total. The van der Waals surface area contributed by atoms with E-state index in [1.54, 1.807) is 4.52 Å². The van der Waals surface area contributed by atoms with E-state index in [4.69, 9.17) is 10.00 Å². The number of rotatable bonds is 5. The van der Waals surface area contributed by atoms with Crippen molar-refractivity contribution >= 4 is 11.6 Å². The fraction of sp³-hybridized carbons (Fsp3) is 0.364. The number of nitriles is 1. The summed E-state index contributed by atoms with van der Waals surface area (Å²) >= 11 is 0. The lowest BCUT2D eigenvalue weighted by Crippen LogP contribution is -2.35. The zero-order valence-electron chi connectivity index (χ0n) is 16.6. The van der Waals surface area contributed by atoms with Crippen molar-refractivity contribution < 1.29 is 9.53 Å². The number of carbonyl (C=O) groups is 1. The van der Waals surface area contributed by atoms with Gasteiger partial charge in [0.05, 0.1) is 12.8 Å². The Labute approximate surface area is 169 Å². The fourth-order valence-corrected chi connectivity index (χ4v) is 3.86. The van der Waals surface area contributed by atoms with E-state index in [1.165, 1.54) is 11.8 Å². The predicted molar refractivity (Wildman–Crippen MR) is 108 cm³/mol. The van der Waals surface area contributed by atoms with E-state index in [9.17, 15) is 4.79 Å². The summed E-state index contributed by atoms with van der Waals surface area (Å²) in [7, 11) is 0. The van der Waals surface area contributed by atoms with Crippen LogP contribution in [-0.2, 0) is 17.6 Å². The van der Waals surface area contributed by atoms with Crippen molar-refractivity contribution in [2.24, 2.45) is 5.92 Å². The number of nitrogens with zero attached hydrogens (tertiary/aromatic N) is 4. The molecule has 2 aromatic heterocycles. The zero-order chi connectivity index (χ0) is 20.4. The Morgan fingerprint density at radius 3 is 3.03 bits per heavy atom. The number of fused-ring (bicyclic) bond motifs is 2. The summed E-state index contributed by atoms with van der Waals surface area (Å²) in [5, 5.41) is 16.5. The summed E-state index contributed by atoms with van der Waals surface area (Å²) in [6.45, 7) is 5.08. The second kappa shape index (κ2) is 7.92. The molecule has 4 rings (SSSR count). The van der Waals surface area contributed by atoms with E-state index in [0.717, 1.165) is 29.1 Å². The number of hydrogen-bond donors (Lipinski definition) is 1. The van der Waals surface area contributed by atoms with Gasteiger partial charge in [-0.3, -0.25) is 4.79 Å². The first-order chi connectivity index (χ1) is 14.1. The molecular weight excluding hydrogens is 366 g/mol. The van der Waals surface area contributed by atoms with E-state index in [0.29, 0.717) is 37.2 Å². The van der Waals surface area contributed by atoms with Gasteiger partial charge in [0, 0.05) is 30.3 Å². The fourth-order valence-electron chi connectivity index (χ4n) is 3.86. The maximum absolute atomic E-state index is 12.4. The molecule has 3 aromatic rings. The molecular formula is C22H23N5O2. The number of benzene rings is 1. The van der Waals surface area contributed by atoms with Crippen molar-refractivity contribution in [2.45, 2.75) is 33.1 Å². The molecule has 1 unspecified atom stereocenters. The first-order valence-corrected chi connectivity index (χ1v) is 9.78. The van der Waals surface area contributed by atoms with Crippen LogP contribution < -0.4 is 10.1 Å². The first kappa shape index (κ1) is 18.9. The second-order valence-corrected chi connectivity index (χ2v) is 7.46. The number of aromatic nitrogens is 3. The summed E-state index contributed by atoms with van der Waals surface area (Å²) in [5.74, 6) is 1.24. The van der Waals surface area contributed by atoms with Crippen LogP contribution in [0.3, 0.4) is 0 Å². The van der Waals surface area contributed by atoms with Gasteiger partial charge in [-0.2, -0.15) is 10.4 Å². The van der Waals surface area contributed by atoms with Gasteiger partial charge in [-0.25, -0.2) is 9.50 Å². The molecule has 1 amide bonds. The molecule has 29 heavy (non-hydrogen) atoms. The van der Waals surface area contributed by atoms with Crippen LogP contribution in [0.15, 0.2) is 30.5 Å². The largest absolute Gasteiger partial charge is 0.493 e. The maximum Gasteiger partial charge on any atom is 0.220 e. The zero-order valence-corrected chi connectivity index (χ0v) is 16.6. The van der Waals surface area contributed by atoms with Crippen LogP contribution in [0, 0.1) is 31.1 Å². The Hall–Kier alpha value is -3.40. The summed E-state index contributed by atoms with van der Waals surface area (Å²) in [5.41, 5.74) is 4.95. The van der Waals surface area contributed by atoms with Crippen molar-refractivity contribution in [2.75, 3.05) is 13.2 Å². The molecule has 0 bridgehead atoms. The molecule has 1 aromatic carbocycles. The lowest BCUT2D eigenvalue weighted by atomic mass is 9.96. The average molecular weight is 389 g/mol. The number of hydrogen-bond acceptors (Lipinski definition) is 5. The maximum atomic E-state index is 12.4. The molecule has 7 heteroatoms. The van der Waals surface area contributed by atoms with Crippen molar-refractivity contribution in [3.63, 3.8) is 0 Å². The summed E-state index contributed by atoms with van der Waals surface area (Å²) in [6, 6.07) is 10.2. The number of para-hydroxylation sites is 1. The Bertz CT molecular complexity index is 1110. The van der Waals surface area contributed by atoms with Crippen LogP contribution in [0.4, 0.5) is 0 Å². The molecule has 0 saturated heterocycles. The quantitative estimate of drug-likeness (QED) is 0.724. The molecule has 0 saturated carbocycles. The highest BCUT2D eigenvalue weighted by Crippen LogP contribution is 2.26. The summed E-state index contributed by atoms with van der Waals surface area (Å²) in [4.78, 5) is 16.9. The molecule has 0 radical (unpaired) electrons. The molecule has 0 spiro atoms. The van der Waals surface area contributed by atoms with Gasteiger partial charge in [0.15, 0.2) is 5.65 Å². The molecule has 148 valence electrons. The van der Waals surface area contributed by atoms with Gasteiger partial charge in [-0.1, -0.05) is 18.2 Å². The Morgan fingerprint density at radius 1 is 1.38 bits per heavy atom. The van der Waals surface area contributed by atoms with Crippen LogP contribution in [0.2, 0.25) is 0 Å². The lowest BCUT2D eigenvalue weighted by molar-refractivity contribution is -0.121. The van der Waals surface area contributed by atoms with E-state index in [2.05, 4.69) is 27.5 Å². The number of aryl methyl sites for hydroxylation is 2. The number of amides is 1. The minimum Gasteiger partial charge on any atom is -0.493 e. The van der Waals surface area contributed by atoms with Crippen LogP contribution in [0.1, 0.15) is 34.5 Å². The highest BCUT2D eigenvalue weighted by atomic mass is 16.5. The molecule has 1 aliphatic heterocycles. The third-order valence-corrected chi connectivity index (χ3v) is 5.47. The minimum absolute atomic E-state index is 0.0148. The Morgan fingerprint density at radius 2 is 2.21 bits per heavy atom. The standard InChI is InChI=1S/C22H23N5O2/c1-14-19(15(2)27-22(26-14)18(10-23)12-25-27)7-8-21(28)24-11-16-9-17-5-3-4-6-20(17)29-13-16/h3-6,12,16H,7-9,11,13H2,1-2H3,(H,24,28). The lowest BCUT2D eigenvalue weighted by Gasteiger charge is -2.25. The third kappa shape index (κ3) is 3.79. The molecule has 1 aliphatic rings. The van der Waals surface area contributed by atoms with Crippen LogP contribution in [-0.4, -0.2) is 33.7 Å². The first-order valence-electron chi connectivity index (χ1n) is 9.78. The van der Waals surface area contributed by atoms with E-state index >= 15 is 0 Å². The van der Waals surface area contributed by atoms with Gasteiger partial charge >= 0.3 is 0 Å². The van der Waals surface area contributed by atoms with Crippen LogP contribution >= 0.6 is 0 Å². The van der Waals surface area contributed by atoms with Crippen molar-refractivity contribution in [1.82, 2.24) is 19.9 Å². The SMILES string of the molecule is Cc1nc2c(C#N)cnn2c(C)c1CCC(=O)NCC1COc2ccccc2C1. The molecule has 1 N–H and O–H groups in total. The van der Waals surface area contributed by atoms with Gasteiger partial charge in [-0.05, 0) is 43.9 Å². The van der Waals surface area contributed by atoms with Crippen LogP contribution in [0.25, 0.3) is 5.65 Å². The average Bonchev–Trinajstić information content (AvgIpc) is 3.14. The van der Waals surface area contributed by atoms with E-state index in [-0.39, 0.29) is 11.8 Å². The van der Waals surface area contributed by atoms with Crippen molar-refractivity contribution in [1.29, 1.82) is 5.26 Å². The highest BCUT2D eigenvalue weighted by molar-refractivity contribution is 5.76. The van der Waals surface area contributed by atoms with E-state index in [1.807, 2.05) is 32.0 Å². The van der Waals surface area contributed by atoms with Gasteiger partial charge in [0.25, 0.3) is 0 Å². The normalized spacial score (nSPS) is 15.4. The van der Waals surface area contributed by atoms with Gasteiger partial charge < -0.3 is 10.1 Å². The summed E-state index contributed by atoms with van der Waals surface area (Å²) in [6.07, 6.45) is 3.40. The molecule has 0 fully saturated rings. The Balaban J connectivity index is 1.35. The van der Waals surface area contributed by atoms with Gasteiger partial charge in [0.2, 0.25) is 5.91 Å². The number of ether oxygens (including phenoxy) is 1. The van der Waals surface area contributed by atoms with Crippen LogP contribution in [0.5, 0.6) is 5.75 Å². The van der Waals surface area contributed by atoms with Gasteiger partial charge in [0.1, 0.15) is 17.4 Å². The monoisotopic (exact) mass is 389 g/mol. The summed E-state index contributed by atoms with van der Waals surface area (Å²) < 4.78 is 7.47. The highest BCUT2D eigenvalue weighted by Gasteiger charge is 2.20. The molecule has 3 heterocycles. The minimum atomic E-state index is 0.0148. The van der Waals surface area contributed by atoms with Crippen molar-refractivity contribution in [3.05, 3.63) is 58.5 Å². The molecule has 0 aliphatic carbocycles.